The van der Waals surface area contributed by atoms with Gasteiger partial charge in [-0.3, -0.25) is 0 Å². The highest BCUT2D eigenvalue weighted by Gasteiger charge is 2.12. The average molecular weight is 254 g/mol. The summed E-state index contributed by atoms with van der Waals surface area (Å²) in [5, 5.41) is 0.526. The number of imidazole rings is 1. The summed E-state index contributed by atoms with van der Waals surface area (Å²) in [5.41, 5.74) is 7.47. The Morgan fingerprint density at radius 2 is 2.29 bits per heavy atom. The highest BCUT2D eigenvalue weighted by molar-refractivity contribution is 6.31. The zero-order chi connectivity index (χ0) is 12.4. The van der Waals surface area contributed by atoms with Crippen LogP contribution in [0, 0.1) is 5.82 Å². The maximum atomic E-state index is 13.1. The highest BCUT2D eigenvalue weighted by atomic mass is 35.5. The van der Waals surface area contributed by atoms with Crippen LogP contribution in [0.25, 0.3) is 0 Å². The summed E-state index contributed by atoms with van der Waals surface area (Å²) in [7, 11) is 1.87. The molecule has 0 fully saturated rings. The van der Waals surface area contributed by atoms with Crippen molar-refractivity contribution in [3.05, 3.63) is 52.8 Å². The first-order chi connectivity index (χ1) is 8.06. The SMILES string of the molecule is Cn1cnc(C(N)Cc2cc(F)ccc2Cl)c1. The molecule has 0 aliphatic heterocycles. The van der Waals surface area contributed by atoms with Crippen LogP contribution in [0.1, 0.15) is 17.3 Å². The number of aromatic nitrogens is 2. The van der Waals surface area contributed by atoms with E-state index in [-0.39, 0.29) is 11.9 Å². The van der Waals surface area contributed by atoms with E-state index in [1.807, 2.05) is 17.8 Å². The highest BCUT2D eigenvalue weighted by Crippen LogP contribution is 2.22. The van der Waals surface area contributed by atoms with Crippen molar-refractivity contribution in [3.63, 3.8) is 0 Å². The summed E-state index contributed by atoms with van der Waals surface area (Å²) in [4.78, 5) is 4.17. The summed E-state index contributed by atoms with van der Waals surface area (Å²) in [6.45, 7) is 0. The molecule has 1 aromatic carbocycles. The van der Waals surface area contributed by atoms with E-state index in [2.05, 4.69) is 4.98 Å². The van der Waals surface area contributed by atoms with Gasteiger partial charge in [0.2, 0.25) is 0 Å². The fraction of sp³-hybridized carbons (Fsp3) is 0.250. The summed E-state index contributed by atoms with van der Waals surface area (Å²) in [5.74, 6) is -0.308. The molecule has 1 aromatic heterocycles. The van der Waals surface area contributed by atoms with Gasteiger partial charge in [-0.15, -0.1) is 0 Å². The molecule has 0 amide bonds. The Kier molecular flexibility index (Phi) is 3.45. The van der Waals surface area contributed by atoms with Gasteiger partial charge in [0.05, 0.1) is 18.1 Å². The van der Waals surface area contributed by atoms with E-state index < -0.39 is 0 Å². The van der Waals surface area contributed by atoms with Crippen molar-refractivity contribution in [3.8, 4) is 0 Å². The third kappa shape index (κ3) is 2.84. The molecule has 90 valence electrons. The fourth-order valence-corrected chi connectivity index (χ4v) is 1.86. The zero-order valence-corrected chi connectivity index (χ0v) is 10.2. The van der Waals surface area contributed by atoms with Crippen molar-refractivity contribution in [2.24, 2.45) is 12.8 Å². The average Bonchev–Trinajstić information content (AvgIpc) is 2.70. The smallest absolute Gasteiger partial charge is 0.123 e. The van der Waals surface area contributed by atoms with Crippen molar-refractivity contribution in [1.29, 1.82) is 0 Å². The van der Waals surface area contributed by atoms with E-state index in [0.717, 1.165) is 5.69 Å². The number of hydrogen-bond donors (Lipinski definition) is 1. The monoisotopic (exact) mass is 253 g/mol. The molecule has 0 radical (unpaired) electrons. The molecule has 2 rings (SSSR count). The third-order valence-electron chi connectivity index (χ3n) is 2.55. The molecule has 0 bridgehead atoms. The first-order valence-corrected chi connectivity index (χ1v) is 5.61. The largest absolute Gasteiger partial charge is 0.340 e. The van der Waals surface area contributed by atoms with Gasteiger partial charge in [-0.05, 0) is 30.2 Å². The Bertz CT molecular complexity index is 524. The summed E-state index contributed by atoms with van der Waals surface area (Å²) < 4.78 is 14.9. The molecule has 1 unspecified atom stereocenters. The molecule has 0 aliphatic carbocycles. The van der Waals surface area contributed by atoms with Crippen LogP contribution in [0.15, 0.2) is 30.7 Å². The third-order valence-corrected chi connectivity index (χ3v) is 2.92. The molecule has 0 spiro atoms. The van der Waals surface area contributed by atoms with Gasteiger partial charge in [0.15, 0.2) is 0 Å². The van der Waals surface area contributed by atoms with Crippen LogP contribution in [-0.4, -0.2) is 9.55 Å². The number of nitrogens with zero attached hydrogens (tertiary/aromatic N) is 2. The minimum Gasteiger partial charge on any atom is -0.340 e. The Morgan fingerprint density at radius 1 is 1.53 bits per heavy atom. The van der Waals surface area contributed by atoms with Gasteiger partial charge in [-0.1, -0.05) is 11.6 Å². The lowest BCUT2D eigenvalue weighted by Crippen LogP contribution is -2.14. The quantitative estimate of drug-likeness (QED) is 0.913. The minimum atomic E-state index is -0.308. The Hall–Kier alpha value is -1.39. The molecule has 3 nitrogen and oxygen atoms in total. The number of halogens is 2. The van der Waals surface area contributed by atoms with Gasteiger partial charge in [-0.25, -0.2) is 9.37 Å². The predicted molar refractivity (Wildman–Crippen MR) is 65.3 cm³/mol. The molecular formula is C12H13ClFN3. The Balaban J connectivity index is 2.18. The van der Waals surface area contributed by atoms with Crippen molar-refractivity contribution in [2.75, 3.05) is 0 Å². The maximum absolute atomic E-state index is 13.1. The van der Waals surface area contributed by atoms with E-state index in [1.54, 1.807) is 6.33 Å². The van der Waals surface area contributed by atoms with Crippen LogP contribution < -0.4 is 5.73 Å². The first kappa shape index (κ1) is 12.1. The second-order valence-corrected chi connectivity index (χ2v) is 4.42. The Morgan fingerprint density at radius 3 is 2.94 bits per heavy atom. The molecule has 1 heterocycles. The molecule has 1 atom stereocenters. The predicted octanol–water partition coefficient (Wildman–Crippen LogP) is 2.46. The van der Waals surface area contributed by atoms with Crippen molar-refractivity contribution in [1.82, 2.24) is 9.55 Å². The van der Waals surface area contributed by atoms with E-state index >= 15 is 0 Å². The van der Waals surface area contributed by atoms with Gasteiger partial charge < -0.3 is 10.3 Å². The number of nitrogens with two attached hydrogens (primary N) is 1. The second kappa shape index (κ2) is 4.85. The maximum Gasteiger partial charge on any atom is 0.123 e. The van der Waals surface area contributed by atoms with Gasteiger partial charge in [0, 0.05) is 18.3 Å². The topological polar surface area (TPSA) is 43.8 Å². The van der Waals surface area contributed by atoms with Crippen molar-refractivity contribution < 1.29 is 4.39 Å². The lowest BCUT2D eigenvalue weighted by atomic mass is 10.0. The summed E-state index contributed by atoms with van der Waals surface area (Å²) >= 11 is 5.99. The number of rotatable bonds is 3. The number of hydrogen-bond acceptors (Lipinski definition) is 2. The zero-order valence-electron chi connectivity index (χ0n) is 9.40. The van der Waals surface area contributed by atoms with E-state index in [9.17, 15) is 4.39 Å². The van der Waals surface area contributed by atoms with Crippen LogP contribution in [0.4, 0.5) is 4.39 Å². The van der Waals surface area contributed by atoms with Gasteiger partial charge >= 0.3 is 0 Å². The lowest BCUT2D eigenvalue weighted by molar-refractivity contribution is 0.621. The van der Waals surface area contributed by atoms with Crippen molar-refractivity contribution in [2.45, 2.75) is 12.5 Å². The summed E-state index contributed by atoms with van der Waals surface area (Å²) in [6.07, 6.45) is 3.99. The van der Waals surface area contributed by atoms with Crippen LogP contribution in [-0.2, 0) is 13.5 Å². The van der Waals surface area contributed by atoms with E-state index in [4.69, 9.17) is 17.3 Å². The van der Waals surface area contributed by atoms with Gasteiger partial charge in [-0.2, -0.15) is 0 Å². The van der Waals surface area contributed by atoms with Crippen LogP contribution in [0.5, 0.6) is 0 Å². The minimum absolute atomic E-state index is 0.282. The van der Waals surface area contributed by atoms with Gasteiger partial charge in [0.25, 0.3) is 0 Å². The van der Waals surface area contributed by atoms with Crippen molar-refractivity contribution >= 4 is 11.6 Å². The van der Waals surface area contributed by atoms with Crippen LogP contribution >= 0.6 is 11.6 Å². The molecule has 0 saturated heterocycles. The Labute approximate surface area is 104 Å². The molecular weight excluding hydrogens is 241 g/mol. The lowest BCUT2D eigenvalue weighted by Gasteiger charge is -2.10. The number of aryl methyl sites for hydroxylation is 1. The molecule has 5 heteroatoms. The molecule has 0 aliphatic rings. The fourth-order valence-electron chi connectivity index (χ4n) is 1.67. The first-order valence-electron chi connectivity index (χ1n) is 5.23. The van der Waals surface area contributed by atoms with Crippen LogP contribution in [0.2, 0.25) is 5.02 Å². The number of benzene rings is 1. The van der Waals surface area contributed by atoms with E-state index in [1.165, 1.54) is 18.2 Å². The normalized spacial score (nSPS) is 12.7. The molecule has 0 saturated carbocycles. The van der Waals surface area contributed by atoms with E-state index in [0.29, 0.717) is 17.0 Å². The second-order valence-electron chi connectivity index (χ2n) is 4.01. The molecule has 17 heavy (non-hydrogen) atoms. The van der Waals surface area contributed by atoms with Crippen LogP contribution in [0.3, 0.4) is 0 Å². The molecule has 2 aromatic rings. The molecule has 2 N–H and O–H groups in total. The standard InChI is InChI=1S/C12H13ClFN3/c1-17-6-12(16-7-17)11(15)5-8-4-9(14)2-3-10(8)13/h2-4,6-7,11H,5,15H2,1H3. The van der Waals surface area contributed by atoms with Gasteiger partial charge in [0.1, 0.15) is 5.82 Å². The summed E-state index contributed by atoms with van der Waals surface area (Å²) in [6, 6.07) is 4.00.